The van der Waals surface area contributed by atoms with Gasteiger partial charge in [0.25, 0.3) is 0 Å². The second kappa shape index (κ2) is 4.67. The minimum absolute atomic E-state index is 0.110. The molecule has 0 bridgehead atoms. The molecule has 0 aliphatic heterocycles. The van der Waals surface area contributed by atoms with Gasteiger partial charge in [-0.05, 0) is 42.3 Å². The third-order valence-corrected chi connectivity index (χ3v) is 3.83. The van der Waals surface area contributed by atoms with Crippen molar-refractivity contribution in [2.24, 2.45) is 0 Å². The van der Waals surface area contributed by atoms with Crippen molar-refractivity contribution in [3.8, 4) is 5.69 Å². The minimum Gasteiger partial charge on any atom is -0.269 e. The molecule has 1 aromatic carbocycles. The largest absolute Gasteiger partial charge is 0.269 e. The lowest BCUT2D eigenvalue weighted by Gasteiger charge is -2.19. The van der Waals surface area contributed by atoms with Crippen molar-refractivity contribution in [1.29, 1.82) is 0 Å². The Bertz CT molecular complexity index is 584. The van der Waals surface area contributed by atoms with E-state index in [2.05, 4.69) is 53.0 Å². The lowest BCUT2D eigenvalue weighted by atomic mass is 9.95. The van der Waals surface area contributed by atoms with E-state index in [1.54, 1.807) is 0 Å². The Labute approximate surface area is 120 Å². The van der Waals surface area contributed by atoms with Gasteiger partial charge in [0.05, 0.1) is 5.69 Å². The van der Waals surface area contributed by atoms with Crippen molar-refractivity contribution in [3.63, 3.8) is 0 Å². The maximum Gasteiger partial charge on any atom is 0.229 e. The summed E-state index contributed by atoms with van der Waals surface area (Å²) in [7, 11) is 0. The maximum absolute atomic E-state index is 6.16. The Balaban J connectivity index is 2.63. The van der Waals surface area contributed by atoms with Crippen molar-refractivity contribution >= 4 is 27.5 Å². The lowest BCUT2D eigenvalue weighted by Crippen LogP contribution is -2.18. The molecule has 18 heavy (non-hydrogen) atoms. The molecule has 2 rings (SSSR count). The summed E-state index contributed by atoms with van der Waals surface area (Å²) in [5.41, 5.74) is 2.02. The number of halogens is 2. The Hall–Kier alpha value is -0.870. The van der Waals surface area contributed by atoms with E-state index < -0.39 is 0 Å². The molecule has 0 N–H and O–H groups in total. The quantitative estimate of drug-likeness (QED) is 0.782. The van der Waals surface area contributed by atoms with Crippen molar-refractivity contribution in [1.82, 2.24) is 14.8 Å². The van der Waals surface area contributed by atoms with E-state index >= 15 is 0 Å². The topological polar surface area (TPSA) is 30.7 Å². The number of rotatable bonds is 1. The summed E-state index contributed by atoms with van der Waals surface area (Å²) < 4.78 is 2.97. The fourth-order valence-corrected chi connectivity index (χ4v) is 2.21. The van der Waals surface area contributed by atoms with Crippen LogP contribution >= 0.6 is 27.5 Å². The second-order valence-electron chi connectivity index (χ2n) is 5.31. The summed E-state index contributed by atoms with van der Waals surface area (Å²) in [5, 5.41) is 8.55. The smallest absolute Gasteiger partial charge is 0.229 e. The third kappa shape index (κ3) is 2.45. The molecule has 3 nitrogen and oxygen atoms in total. The highest BCUT2D eigenvalue weighted by atomic mass is 79.9. The van der Waals surface area contributed by atoms with Crippen LogP contribution < -0.4 is 0 Å². The number of aromatic nitrogens is 3. The molecule has 0 aliphatic rings. The molecule has 0 unspecified atom stereocenters. The van der Waals surface area contributed by atoms with E-state index in [1.165, 1.54) is 0 Å². The molecular weight excluding hydrogens is 314 g/mol. The van der Waals surface area contributed by atoms with Crippen LogP contribution in [0.1, 0.15) is 32.2 Å². The van der Waals surface area contributed by atoms with Crippen LogP contribution in [-0.4, -0.2) is 14.8 Å². The van der Waals surface area contributed by atoms with Crippen LogP contribution in [0.5, 0.6) is 0 Å². The molecule has 0 radical (unpaired) electrons. The second-order valence-corrected chi connectivity index (χ2v) is 6.50. The highest BCUT2D eigenvalue weighted by molar-refractivity contribution is 9.10. The van der Waals surface area contributed by atoms with Gasteiger partial charge in [0, 0.05) is 9.89 Å². The van der Waals surface area contributed by atoms with Crippen molar-refractivity contribution in [2.75, 3.05) is 0 Å². The average molecular weight is 329 g/mol. The van der Waals surface area contributed by atoms with Crippen LogP contribution in [0, 0.1) is 6.92 Å². The van der Waals surface area contributed by atoms with Crippen LogP contribution in [0.4, 0.5) is 0 Å². The molecule has 0 amide bonds. The summed E-state index contributed by atoms with van der Waals surface area (Å²) in [6, 6.07) is 6.07. The first-order valence-electron chi connectivity index (χ1n) is 5.68. The summed E-state index contributed by atoms with van der Waals surface area (Å²) >= 11 is 9.65. The van der Waals surface area contributed by atoms with E-state index in [4.69, 9.17) is 11.6 Å². The SMILES string of the molecule is Cc1cc(-n2c(Cl)nnc2C(C)(C)C)ccc1Br. The number of hydrogen-bond acceptors (Lipinski definition) is 2. The van der Waals surface area contributed by atoms with E-state index in [-0.39, 0.29) is 5.41 Å². The molecule has 0 aliphatic carbocycles. The first-order valence-corrected chi connectivity index (χ1v) is 6.85. The highest BCUT2D eigenvalue weighted by Gasteiger charge is 2.24. The summed E-state index contributed by atoms with van der Waals surface area (Å²) in [4.78, 5) is 0. The summed E-state index contributed by atoms with van der Waals surface area (Å²) in [6.45, 7) is 8.32. The summed E-state index contributed by atoms with van der Waals surface area (Å²) in [5.74, 6) is 0.856. The fourth-order valence-electron chi connectivity index (χ4n) is 1.75. The molecule has 2 aromatic rings. The van der Waals surface area contributed by atoms with Crippen LogP contribution in [0.15, 0.2) is 22.7 Å². The van der Waals surface area contributed by atoms with Crippen molar-refractivity contribution in [2.45, 2.75) is 33.1 Å². The van der Waals surface area contributed by atoms with Gasteiger partial charge in [-0.1, -0.05) is 36.7 Å². The average Bonchev–Trinajstić information content (AvgIpc) is 2.64. The standard InChI is InChI=1S/C13H15BrClN3/c1-8-7-9(5-6-10(8)14)18-11(13(2,3)4)16-17-12(18)15/h5-7H,1-4H3. The Morgan fingerprint density at radius 1 is 1.22 bits per heavy atom. The van der Waals surface area contributed by atoms with Gasteiger partial charge >= 0.3 is 0 Å². The number of benzene rings is 1. The Morgan fingerprint density at radius 2 is 1.89 bits per heavy atom. The number of nitrogens with zero attached hydrogens (tertiary/aromatic N) is 3. The van der Waals surface area contributed by atoms with E-state index in [1.807, 2.05) is 23.6 Å². The van der Waals surface area contributed by atoms with E-state index in [9.17, 15) is 0 Å². The molecule has 1 heterocycles. The number of hydrogen-bond donors (Lipinski definition) is 0. The molecule has 0 spiro atoms. The van der Waals surface area contributed by atoms with Crippen LogP contribution in [0.25, 0.3) is 5.69 Å². The zero-order chi connectivity index (χ0) is 13.5. The molecule has 5 heteroatoms. The Morgan fingerprint density at radius 3 is 2.44 bits per heavy atom. The molecule has 96 valence electrons. The first-order chi connectivity index (χ1) is 8.30. The van der Waals surface area contributed by atoms with Crippen LogP contribution in [-0.2, 0) is 5.41 Å². The molecule has 0 fully saturated rings. The first kappa shape index (κ1) is 13.6. The van der Waals surface area contributed by atoms with Gasteiger partial charge in [-0.25, -0.2) is 0 Å². The fraction of sp³-hybridized carbons (Fsp3) is 0.385. The van der Waals surface area contributed by atoms with Gasteiger partial charge < -0.3 is 0 Å². The Kier molecular flexibility index (Phi) is 3.52. The van der Waals surface area contributed by atoms with E-state index in [0.717, 1.165) is 21.5 Å². The highest BCUT2D eigenvalue weighted by Crippen LogP contribution is 2.28. The normalized spacial score (nSPS) is 11.9. The molecule has 0 atom stereocenters. The van der Waals surface area contributed by atoms with Gasteiger partial charge in [0.15, 0.2) is 0 Å². The molecule has 1 aromatic heterocycles. The molecule has 0 saturated heterocycles. The van der Waals surface area contributed by atoms with E-state index in [0.29, 0.717) is 5.28 Å². The van der Waals surface area contributed by atoms with Gasteiger partial charge in [-0.3, -0.25) is 4.57 Å². The zero-order valence-corrected chi connectivity index (χ0v) is 13.2. The lowest BCUT2D eigenvalue weighted by molar-refractivity contribution is 0.533. The number of aryl methyl sites for hydroxylation is 1. The summed E-state index contributed by atoms with van der Waals surface area (Å²) in [6.07, 6.45) is 0. The van der Waals surface area contributed by atoms with Crippen molar-refractivity contribution < 1.29 is 0 Å². The molecule has 0 saturated carbocycles. The van der Waals surface area contributed by atoms with Gasteiger partial charge in [-0.2, -0.15) is 0 Å². The van der Waals surface area contributed by atoms with Gasteiger partial charge in [0.2, 0.25) is 5.28 Å². The van der Waals surface area contributed by atoms with Crippen molar-refractivity contribution in [3.05, 3.63) is 39.3 Å². The van der Waals surface area contributed by atoms with Crippen LogP contribution in [0.3, 0.4) is 0 Å². The predicted molar refractivity (Wildman–Crippen MR) is 77.5 cm³/mol. The monoisotopic (exact) mass is 327 g/mol. The zero-order valence-electron chi connectivity index (χ0n) is 10.8. The maximum atomic E-state index is 6.16. The molecular formula is C13H15BrClN3. The third-order valence-electron chi connectivity index (χ3n) is 2.69. The minimum atomic E-state index is -0.110. The predicted octanol–water partition coefficient (Wildman–Crippen LogP) is 4.29. The van der Waals surface area contributed by atoms with Crippen LogP contribution in [0.2, 0.25) is 5.28 Å². The van der Waals surface area contributed by atoms with Gasteiger partial charge in [-0.15, -0.1) is 10.2 Å². The van der Waals surface area contributed by atoms with Gasteiger partial charge in [0.1, 0.15) is 5.82 Å².